The third kappa shape index (κ3) is 3.59. The maximum Gasteiger partial charge on any atom is 0.338 e. The number of hydrogen-bond acceptors (Lipinski definition) is 5. The number of hydrogen-bond donors (Lipinski definition) is 2. The average molecular weight is 372 g/mol. The van der Waals surface area contributed by atoms with Crippen molar-refractivity contribution < 1.29 is 23.8 Å². The molecule has 2 aliphatic heterocycles. The summed E-state index contributed by atoms with van der Waals surface area (Å²) in [5.41, 5.74) is 1.68. The molecular weight excluding hydrogens is 348 g/mol. The summed E-state index contributed by atoms with van der Waals surface area (Å²) in [6, 6.07) is 4.46. The van der Waals surface area contributed by atoms with E-state index < -0.39 is 6.04 Å². The van der Waals surface area contributed by atoms with E-state index in [9.17, 15) is 9.59 Å². The molecule has 3 atom stereocenters. The topological polar surface area (TPSA) is 85.9 Å². The molecule has 1 fully saturated rings. The molecule has 7 nitrogen and oxygen atoms in total. The van der Waals surface area contributed by atoms with Gasteiger partial charge >= 0.3 is 12.0 Å². The molecule has 144 valence electrons. The van der Waals surface area contributed by atoms with Crippen molar-refractivity contribution >= 4 is 12.0 Å². The van der Waals surface area contributed by atoms with Crippen LogP contribution in [0.4, 0.5) is 4.79 Å². The monoisotopic (exact) mass is 372 g/mol. The van der Waals surface area contributed by atoms with Crippen LogP contribution in [0.15, 0.2) is 29.5 Å². The van der Waals surface area contributed by atoms with Gasteiger partial charge in [-0.1, -0.05) is 19.4 Å². The summed E-state index contributed by atoms with van der Waals surface area (Å²) in [7, 11) is 0. The molecule has 2 heterocycles. The van der Waals surface area contributed by atoms with Gasteiger partial charge in [0.2, 0.25) is 6.79 Å². The number of nitrogens with one attached hydrogen (secondary N) is 2. The molecule has 27 heavy (non-hydrogen) atoms. The zero-order chi connectivity index (χ0) is 19.0. The van der Waals surface area contributed by atoms with Crippen LogP contribution in [0.3, 0.4) is 0 Å². The molecule has 1 aliphatic carbocycles. The lowest BCUT2D eigenvalue weighted by Gasteiger charge is -2.31. The third-order valence-electron chi connectivity index (χ3n) is 5.38. The molecular formula is C20H24N2O5. The van der Waals surface area contributed by atoms with Gasteiger partial charge in [0.15, 0.2) is 11.5 Å². The van der Waals surface area contributed by atoms with E-state index in [4.69, 9.17) is 14.2 Å². The second kappa shape index (κ2) is 7.13. The molecule has 2 amide bonds. The highest BCUT2D eigenvalue weighted by Crippen LogP contribution is 2.37. The third-order valence-corrected chi connectivity index (χ3v) is 5.38. The fourth-order valence-corrected chi connectivity index (χ4v) is 4.01. The first-order valence-electron chi connectivity index (χ1n) is 9.40. The standard InChI is InChI=1S/C20H24N2O5/c1-11-4-3-5-14(8-11)27-19(23)17-12(2)21-20(24)22-18(17)13-6-7-15-16(9-13)26-10-25-15/h6-7,9,11,14,18H,3-5,8,10H2,1-2H3,(H2,21,22,24)/t11-,14-,18+/m1/s1. The van der Waals surface area contributed by atoms with Crippen molar-refractivity contribution in [3.8, 4) is 11.5 Å². The van der Waals surface area contributed by atoms with E-state index in [-0.39, 0.29) is 24.9 Å². The van der Waals surface area contributed by atoms with Crippen LogP contribution in [0.1, 0.15) is 51.1 Å². The molecule has 0 spiro atoms. The summed E-state index contributed by atoms with van der Waals surface area (Å²) in [6.45, 7) is 4.07. The van der Waals surface area contributed by atoms with E-state index >= 15 is 0 Å². The predicted octanol–water partition coefficient (Wildman–Crippen LogP) is 3.17. The summed E-state index contributed by atoms with van der Waals surface area (Å²) >= 11 is 0. The zero-order valence-corrected chi connectivity index (χ0v) is 15.5. The van der Waals surface area contributed by atoms with E-state index in [1.54, 1.807) is 19.1 Å². The summed E-state index contributed by atoms with van der Waals surface area (Å²) < 4.78 is 16.6. The molecule has 1 aromatic rings. The van der Waals surface area contributed by atoms with Gasteiger partial charge in [-0.05, 0) is 49.8 Å². The van der Waals surface area contributed by atoms with Crippen LogP contribution in [0.2, 0.25) is 0 Å². The van der Waals surface area contributed by atoms with Crippen LogP contribution in [-0.4, -0.2) is 24.9 Å². The Balaban J connectivity index is 1.60. The number of benzene rings is 1. The van der Waals surface area contributed by atoms with E-state index in [1.807, 2.05) is 6.07 Å². The van der Waals surface area contributed by atoms with Crippen LogP contribution in [-0.2, 0) is 9.53 Å². The van der Waals surface area contributed by atoms with Crippen LogP contribution in [0.5, 0.6) is 11.5 Å². The number of carbonyl (C=O) groups excluding carboxylic acids is 2. The molecule has 1 saturated carbocycles. The Bertz CT molecular complexity index is 804. The fourth-order valence-electron chi connectivity index (χ4n) is 4.01. The molecule has 0 saturated heterocycles. The highest BCUT2D eigenvalue weighted by atomic mass is 16.7. The number of rotatable bonds is 3. The lowest BCUT2D eigenvalue weighted by Crippen LogP contribution is -2.45. The van der Waals surface area contributed by atoms with Gasteiger partial charge < -0.3 is 24.8 Å². The first kappa shape index (κ1) is 17.7. The van der Waals surface area contributed by atoms with Gasteiger partial charge in [0.25, 0.3) is 0 Å². The normalized spacial score (nSPS) is 27.0. The van der Waals surface area contributed by atoms with Gasteiger partial charge in [0.05, 0.1) is 11.6 Å². The molecule has 0 bridgehead atoms. The fraction of sp³-hybridized carbons (Fsp3) is 0.500. The molecule has 0 unspecified atom stereocenters. The maximum atomic E-state index is 13.0. The van der Waals surface area contributed by atoms with E-state index in [1.165, 1.54) is 6.42 Å². The number of carbonyl (C=O) groups is 2. The Kier molecular flexibility index (Phi) is 4.68. The van der Waals surface area contributed by atoms with Gasteiger partial charge in [-0.2, -0.15) is 0 Å². The SMILES string of the molecule is CC1=C(C(=O)O[C@@H]2CCC[C@@H](C)C2)[C@H](c2ccc3c(c2)OCO3)NC(=O)N1. The van der Waals surface area contributed by atoms with Gasteiger partial charge in [-0.3, -0.25) is 0 Å². The van der Waals surface area contributed by atoms with Crippen molar-refractivity contribution in [2.75, 3.05) is 6.79 Å². The minimum absolute atomic E-state index is 0.0726. The minimum atomic E-state index is -0.596. The van der Waals surface area contributed by atoms with Crippen molar-refractivity contribution in [2.45, 2.75) is 51.7 Å². The Hall–Kier alpha value is -2.70. The second-order valence-corrected chi connectivity index (χ2v) is 7.48. The van der Waals surface area contributed by atoms with Crippen LogP contribution >= 0.6 is 0 Å². The number of ether oxygens (including phenoxy) is 3. The molecule has 1 aromatic carbocycles. The lowest BCUT2D eigenvalue weighted by atomic mass is 9.88. The van der Waals surface area contributed by atoms with Crippen molar-refractivity contribution in [2.24, 2.45) is 5.92 Å². The smallest absolute Gasteiger partial charge is 0.338 e. The van der Waals surface area contributed by atoms with Crippen molar-refractivity contribution in [1.82, 2.24) is 10.6 Å². The van der Waals surface area contributed by atoms with Crippen LogP contribution in [0, 0.1) is 5.92 Å². The number of amides is 2. The van der Waals surface area contributed by atoms with Crippen molar-refractivity contribution in [3.05, 3.63) is 35.0 Å². The Morgan fingerprint density at radius 2 is 2.04 bits per heavy atom. The first-order valence-corrected chi connectivity index (χ1v) is 9.40. The largest absolute Gasteiger partial charge is 0.459 e. The first-order chi connectivity index (χ1) is 13.0. The number of allylic oxidation sites excluding steroid dienone is 1. The Labute approximate surface area is 158 Å². The number of esters is 1. The van der Waals surface area contributed by atoms with Crippen LogP contribution in [0.25, 0.3) is 0 Å². The number of fused-ring (bicyclic) bond motifs is 1. The summed E-state index contributed by atoms with van der Waals surface area (Å²) in [5.74, 6) is 1.43. The average Bonchev–Trinajstić information content (AvgIpc) is 3.08. The lowest BCUT2D eigenvalue weighted by molar-refractivity contribution is -0.146. The molecule has 0 aromatic heterocycles. The van der Waals surface area contributed by atoms with Crippen LogP contribution < -0.4 is 20.1 Å². The van der Waals surface area contributed by atoms with E-state index in [2.05, 4.69) is 17.6 Å². The maximum absolute atomic E-state index is 13.0. The molecule has 4 rings (SSSR count). The Morgan fingerprint density at radius 1 is 1.22 bits per heavy atom. The van der Waals surface area contributed by atoms with Gasteiger partial charge in [0.1, 0.15) is 6.10 Å². The summed E-state index contributed by atoms with van der Waals surface area (Å²) in [5, 5.41) is 5.51. The van der Waals surface area contributed by atoms with Gasteiger partial charge in [-0.25, -0.2) is 9.59 Å². The quantitative estimate of drug-likeness (QED) is 0.796. The van der Waals surface area contributed by atoms with Crippen molar-refractivity contribution in [3.63, 3.8) is 0 Å². The van der Waals surface area contributed by atoms with E-state index in [0.29, 0.717) is 28.7 Å². The van der Waals surface area contributed by atoms with Gasteiger partial charge in [0, 0.05) is 5.70 Å². The summed E-state index contributed by atoms with van der Waals surface area (Å²) in [6.07, 6.45) is 3.94. The van der Waals surface area contributed by atoms with Crippen molar-refractivity contribution in [1.29, 1.82) is 0 Å². The Morgan fingerprint density at radius 3 is 2.85 bits per heavy atom. The highest BCUT2D eigenvalue weighted by Gasteiger charge is 2.34. The molecule has 2 N–H and O–H groups in total. The summed E-state index contributed by atoms with van der Waals surface area (Å²) in [4.78, 5) is 25.0. The molecule has 7 heteroatoms. The predicted molar refractivity (Wildman–Crippen MR) is 97.2 cm³/mol. The zero-order valence-electron chi connectivity index (χ0n) is 15.5. The second-order valence-electron chi connectivity index (χ2n) is 7.48. The van der Waals surface area contributed by atoms with E-state index in [0.717, 1.165) is 24.8 Å². The van der Waals surface area contributed by atoms with Gasteiger partial charge in [-0.15, -0.1) is 0 Å². The number of urea groups is 1. The molecule has 3 aliphatic rings. The molecule has 0 radical (unpaired) electrons. The highest BCUT2D eigenvalue weighted by molar-refractivity contribution is 5.95. The minimum Gasteiger partial charge on any atom is -0.459 e.